The molecule has 1 fully saturated rings. The Bertz CT molecular complexity index is 716. The number of rotatable bonds is 3. The third-order valence-corrected chi connectivity index (χ3v) is 4.33. The van der Waals surface area contributed by atoms with E-state index in [1.165, 1.54) is 0 Å². The van der Waals surface area contributed by atoms with Gasteiger partial charge in [0.2, 0.25) is 5.75 Å². The van der Waals surface area contributed by atoms with Gasteiger partial charge in [-0.15, -0.1) is 0 Å². The van der Waals surface area contributed by atoms with Crippen molar-refractivity contribution in [2.24, 2.45) is 0 Å². The van der Waals surface area contributed by atoms with Crippen molar-refractivity contribution in [2.45, 2.75) is 6.04 Å². The van der Waals surface area contributed by atoms with Crippen molar-refractivity contribution in [3.63, 3.8) is 0 Å². The fraction of sp³-hybridized carbons (Fsp3) is 0.500. The second-order valence-electron chi connectivity index (χ2n) is 5.86. The maximum absolute atomic E-state index is 5.66. The number of ether oxygens (including phenoxy) is 3. The monoisotopic (exact) mass is 332 g/mol. The van der Waals surface area contributed by atoms with Crippen LogP contribution in [0.15, 0.2) is 16.7 Å². The van der Waals surface area contributed by atoms with E-state index in [2.05, 4.69) is 27.4 Å². The molecule has 1 atom stereocenters. The third-order valence-electron chi connectivity index (χ3n) is 4.33. The summed E-state index contributed by atoms with van der Waals surface area (Å²) in [7, 11) is 3.66. The number of nitrogens with zero attached hydrogens (tertiary/aromatic N) is 3. The maximum atomic E-state index is 5.66. The van der Waals surface area contributed by atoms with E-state index in [0.717, 1.165) is 25.2 Å². The van der Waals surface area contributed by atoms with Crippen LogP contribution in [0.3, 0.4) is 0 Å². The summed E-state index contributed by atoms with van der Waals surface area (Å²) in [5.41, 5.74) is 0.751. The topological polar surface area (TPSA) is 81.9 Å². The molecule has 0 saturated carbocycles. The Labute approximate surface area is 139 Å². The molecule has 3 heterocycles. The van der Waals surface area contributed by atoms with Gasteiger partial charge in [-0.05, 0) is 19.2 Å². The number of benzene rings is 1. The van der Waals surface area contributed by atoms with Crippen LogP contribution in [-0.2, 0) is 0 Å². The summed E-state index contributed by atoms with van der Waals surface area (Å²) in [5.74, 6) is 2.96. The van der Waals surface area contributed by atoms with Crippen LogP contribution in [0, 0.1) is 0 Å². The Morgan fingerprint density at radius 3 is 3.00 bits per heavy atom. The van der Waals surface area contributed by atoms with Crippen molar-refractivity contribution >= 4 is 0 Å². The van der Waals surface area contributed by atoms with Crippen LogP contribution >= 0.6 is 0 Å². The highest BCUT2D eigenvalue weighted by Crippen LogP contribution is 2.42. The van der Waals surface area contributed by atoms with Gasteiger partial charge < -0.3 is 24.1 Å². The first-order chi connectivity index (χ1) is 11.8. The highest BCUT2D eigenvalue weighted by atomic mass is 16.6. The van der Waals surface area contributed by atoms with Crippen LogP contribution < -0.4 is 19.5 Å². The number of aromatic nitrogens is 2. The molecular weight excluding hydrogens is 312 g/mol. The first-order valence-electron chi connectivity index (χ1n) is 7.99. The molecule has 2 aromatic rings. The zero-order valence-electron chi connectivity index (χ0n) is 13.7. The molecule has 8 heteroatoms. The van der Waals surface area contributed by atoms with E-state index < -0.39 is 0 Å². The van der Waals surface area contributed by atoms with Gasteiger partial charge >= 0.3 is 0 Å². The van der Waals surface area contributed by atoms with Crippen molar-refractivity contribution in [2.75, 3.05) is 47.0 Å². The fourth-order valence-electron chi connectivity index (χ4n) is 2.98. The second kappa shape index (κ2) is 6.29. The number of nitrogens with one attached hydrogen (secondary N) is 1. The highest BCUT2D eigenvalue weighted by molar-refractivity contribution is 5.66. The SMILES string of the molecule is COc1cc(-c2nc(C3CNCCN3C)no2)cc2c1OCCO2. The van der Waals surface area contributed by atoms with Gasteiger partial charge in [-0.2, -0.15) is 4.98 Å². The standard InChI is InChI=1S/C16H20N4O4/c1-20-4-3-17-9-11(20)15-18-16(24-19-15)10-7-12(21-2)14-13(8-10)22-5-6-23-14/h7-8,11,17H,3-6,9H2,1-2H3. The number of likely N-dealkylation sites (N-methyl/N-ethyl adjacent to an activating group) is 1. The van der Waals surface area contributed by atoms with Gasteiger partial charge in [0.1, 0.15) is 13.2 Å². The van der Waals surface area contributed by atoms with Crippen LogP contribution in [0.2, 0.25) is 0 Å². The smallest absolute Gasteiger partial charge is 0.258 e. The minimum Gasteiger partial charge on any atom is -0.493 e. The number of methoxy groups -OCH3 is 1. The number of piperazine rings is 1. The van der Waals surface area contributed by atoms with E-state index in [1.54, 1.807) is 7.11 Å². The predicted molar refractivity (Wildman–Crippen MR) is 85.5 cm³/mol. The zero-order valence-corrected chi connectivity index (χ0v) is 13.7. The van der Waals surface area contributed by atoms with E-state index in [9.17, 15) is 0 Å². The van der Waals surface area contributed by atoms with E-state index in [4.69, 9.17) is 18.7 Å². The molecule has 8 nitrogen and oxygen atoms in total. The first kappa shape index (κ1) is 15.2. The van der Waals surface area contributed by atoms with Crippen LogP contribution in [0.4, 0.5) is 0 Å². The quantitative estimate of drug-likeness (QED) is 0.895. The van der Waals surface area contributed by atoms with Crippen LogP contribution in [0.5, 0.6) is 17.2 Å². The Balaban J connectivity index is 1.67. The van der Waals surface area contributed by atoms with Crippen molar-refractivity contribution in [1.29, 1.82) is 0 Å². The molecule has 2 aliphatic heterocycles. The van der Waals surface area contributed by atoms with E-state index >= 15 is 0 Å². The van der Waals surface area contributed by atoms with E-state index in [-0.39, 0.29) is 6.04 Å². The average Bonchev–Trinajstić information content (AvgIpc) is 3.11. The lowest BCUT2D eigenvalue weighted by Gasteiger charge is -2.30. The summed E-state index contributed by atoms with van der Waals surface area (Å²) in [6.45, 7) is 3.74. The second-order valence-corrected chi connectivity index (χ2v) is 5.86. The van der Waals surface area contributed by atoms with Gasteiger partial charge in [0.05, 0.1) is 13.2 Å². The van der Waals surface area contributed by atoms with Gasteiger partial charge in [-0.25, -0.2) is 0 Å². The molecule has 1 aromatic heterocycles. The normalized spacial score (nSPS) is 20.8. The summed E-state index contributed by atoms with van der Waals surface area (Å²) in [4.78, 5) is 6.79. The Hall–Kier alpha value is -2.32. The van der Waals surface area contributed by atoms with E-state index in [0.29, 0.717) is 42.2 Å². The van der Waals surface area contributed by atoms with Gasteiger partial charge in [-0.1, -0.05) is 5.16 Å². The molecule has 1 unspecified atom stereocenters. The van der Waals surface area contributed by atoms with Crippen molar-refractivity contribution in [3.8, 4) is 28.7 Å². The molecule has 24 heavy (non-hydrogen) atoms. The largest absolute Gasteiger partial charge is 0.493 e. The summed E-state index contributed by atoms with van der Waals surface area (Å²) >= 11 is 0. The molecule has 1 saturated heterocycles. The number of hydrogen-bond donors (Lipinski definition) is 1. The molecule has 0 amide bonds. The van der Waals surface area contributed by atoms with Crippen LogP contribution in [0.25, 0.3) is 11.5 Å². The lowest BCUT2D eigenvalue weighted by Crippen LogP contribution is -2.44. The molecule has 0 bridgehead atoms. The number of fused-ring (bicyclic) bond motifs is 1. The molecule has 0 spiro atoms. The Kier molecular flexibility index (Phi) is 3.99. The van der Waals surface area contributed by atoms with Gasteiger partial charge in [-0.3, -0.25) is 4.90 Å². The molecule has 4 rings (SSSR count). The Morgan fingerprint density at radius 2 is 2.17 bits per heavy atom. The summed E-state index contributed by atoms with van der Waals surface area (Å²) in [6.07, 6.45) is 0. The maximum Gasteiger partial charge on any atom is 0.258 e. The summed E-state index contributed by atoms with van der Waals surface area (Å²) in [6, 6.07) is 3.78. The predicted octanol–water partition coefficient (Wildman–Crippen LogP) is 1.09. The van der Waals surface area contributed by atoms with Crippen molar-refractivity contribution in [1.82, 2.24) is 20.4 Å². The van der Waals surface area contributed by atoms with Crippen LogP contribution in [-0.4, -0.2) is 62.0 Å². The minimum absolute atomic E-state index is 0.107. The molecule has 1 N–H and O–H groups in total. The van der Waals surface area contributed by atoms with Crippen molar-refractivity contribution < 1.29 is 18.7 Å². The van der Waals surface area contributed by atoms with E-state index in [1.807, 2.05) is 12.1 Å². The summed E-state index contributed by atoms with van der Waals surface area (Å²) in [5, 5.41) is 7.51. The molecule has 0 radical (unpaired) electrons. The van der Waals surface area contributed by atoms with Gasteiger partial charge in [0, 0.05) is 25.2 Å². The molecule has 0 aliphatic carbocycles. The van der Waals surface area contributed by atoms with Gasteiger partial charge in [0.25, 0.3) is 5.89 Å². The lowest BCUT2D eigenvalue weighted by atomic mass is 10.1. The molecule has 2 aliphatic rings. The summed E-state index contributed by atoms with van der Waals surface area (Å²) < 4.78 is 22.2. The van der Waals surface area contributed by atoms with Crippen molar-refractivity contribution in [3.05, 3.63) is 18.0 Å². The molecular formula is C16H20N4O4. The van der Waals surface area contributed by atoms with Gasteiger partial charge in [0.15, 0.2) is 17.3 Å². The average molecular weight is 332 g/mol. The minimum atomic E-state index is 0.107. The van der Waals surface area contributed by atoms with Crippen LogP contribution in [0.1, 0.15) is 11.9 Å². The third kappa shape index (κ3) is 2.67. The Morgan fingerprint density at radius 1 is 1.29 bits per heavy atom. The number of hydrogen-bond acceptors (Lipinski definition) is 8. The molecule has 128 valence electrons. The fourth-order valence-corrected chi connectivity index (χ4v) is 2.98. The lowest BCUT2D eigenvalue weighted by molar-refractivity contribution is 0.165. The highest BCUT2D eigenvalue weighted by Gasteiger charge is 2.26. The molecule has 1 aromatic carbocycles. The zero-order chi connectivity index (χ0) is 16.5. The first-order valence-corrected chi connectivity index (χ1v) is 7.99.